The lowest BCUT2D eigenvalue weighted by atomic mass is 10.1. The van der Waals surface area contributed by atoms with Crippen molar-refractivity contribution in [1.82, 2.24) is 4.98 Å². The van der Waals surface area contributed by atoms with Crippen molar-refractivity contribution in [2.75, 3.05) is 10.6 Å². The molecule has 1 aromatic rings. The van der Waals surface area contributed by atoms with Crippen LogP contribution in [0.5, 0.6) is 0 Å². The molecule has 0 aromatic carbocycles. The van der Waals surface area contributed by atoms with Gasteiger partial charge in [-0.05, 0) is 19.1 Å². The van der Waals surface area contributed by atoms with Crippen LogP contribution in [0.15, 0.2) is 12.1 Å². The van der Waals surface area contributed by atoms with E-state index in [1.165, 1.54) is 6.07 Å². The molecular weight excluding hydrogens is 343 g/mol. The Balaban J connectivity index is 3.20. The molecule has 0 aliphatic rings. The van der Waals surface area contributed by atoms with Gasteiger partial charge in [-0.1, -0.05) is 15.9 Å². The predicted octanol–water partition coefficient (Wildman–Crippen LogP) is 2.06. The SMILES string of the molecule is CC(O)(CBr)C(=O)Nc1ccc(C#N)nc1C(F)(F)F. The van der Waals surface area contributed by atoms with Crippen LogP contribution in [0, 0.1) is 11.3 Å². The number of hydrogen-bond acceptors (Lipinski definition) is 4. The van der Waals surface area contributed by atoms with Crippen LogP contribution < -0.4 is 5.32 Å². The Labute approximate surface area is 120 Å². The fraction of sp³-hybridized carbons (Fsp3) is 0.364. The van der Waals surface area contributed by atoms with E-state index in [2.05, 4.69) is 20.9 Å². The highest BCUT2D eigenvalue weighted by molar-refractivity contribution is 9.09. The summed E-state index contributed by atoms with van der Waals surface area (Å²) >= 11 is 2.87. The van der Waals surface area contributed by atoms with Crippen molar-refractivity contribution in [2.45, 2.75) is 18.7 Å². The highest BCUT2D eigenvalue weighted by atomic mass is 79.9. The largest absolute Gasteiger partial charge is 0.435 e. The first-order chi connectivity index (χ1) is 9.11. The number of amides is 1. The van der Waals surface area contributed by atoms with E-state index < -0.39 is 34.8 Å². The highest BCUT2D eigenvalue weighted by Gasteiger charge is 2.38. The number of alkyl halides is 4. The van der Waals surface area contributed by atoms with Gasteiger partial charge in [0.15, 0.2) is 5.69 Å². The number of anilines is 1. The number of carbonyl (C=O) groups is 1. The minimum absolute atomic E-state index is 0.156. The first-order valence-corrected chi connectivity index (χ1v) is 6.32. The second kappa shape index (κ2) is 5.76. The molecule has 108 valence electrons. The van der Waals surface area contributed by atoms with E-state index in [1.807, 2.05) is 5.32 Å². The molecule has 20 heavy (non-hydrogen) atoms. The van der Waals surface area contributed by atoms with Crippen molar-refractivity contribution in [3.63, 3.8) is 0 Å². The lowest BCUT2D eigenvalue weighted by molar-refractivity contribution is -0.140. The molecule has 1 heterocycles. The van der Waals surface area contributed by atoms with Gasteiger partial charge < -0.3 is 10.4 Å². The minimum Gasteiger partial charge on any atom is -0.379 e. The highest BCUT2D eigenvalue weighted by Crippen LogP contribution is 2.33. The predicted molar refractivity (Wildman–Crippen MR) is 67.0 cm³/mol. The molecule has 0 fully saturated rings. The second-order valence-electron chi connectivity index (χ2n) is 4.06. The van der Waals surface area contributed by atoms with E-state index in [4.69, 9.17) is 5.26 Å². The third kappa shape index (κ3) is 3.68. The van der Waals surface area contributed by atoms with Gasteiger partial charge in [-0.3, -0.25) is 4.79 Å². The summed E-state index contributed by atoms with van der Waals surface area (Å²) in [5.41, 5.74) is -4.32. The average molecular weight is 352 g/mol. The molecule has 0 spiro atoms. The van der Waals surface area contributed by atoms with Gasteiger partial charge in [0.25, 0.3) is 5.91 Å². The summed E-state index contributed by atoms with van der Waals surface area (Å²) in [5, 5.41) is 20.0. The number of nitriles is 1. The number of rotatable bonds is 3. The third-order valence-corrected chi connectivity index (χ3v) is 3.37. The molecule has 1 rings (SSSR count). The molecule has 1 unspecified atom stereocenters. The Kier molecular flexibility index (Phi) is 4.73. The Morgan fingerprint density at radius 1 is 1.55 bits per heavy atom. The molecule has 0 radical (unpaired) electrons. The van der Waals surface area contributed by atoms with Crippen LogP contribution in [0.25, 0.3) is 0 Å². The Morgan fingerprint density at radius 2 is 2.15 bits per heavy atom. The molecule has 2 N–H and O–H groups in total. The summed E-state index contributed by atoms with van der Waals surface area (Å²) in [5.74, 6) is -1.02. The van der Waals surface area contributed by atoms with E-state index in [0.29, 0.717) is 0 Å². The molecule has 1 aromatic heterocycles. The van der Waals surface area contributed by atoms with Crippen LogP contribution in [0.3, 0.4) is 0 Å². The minimum atomic E-state index is -4.84. The number of pyridine rings is 1. The molecule has 5 nitrogen and oxygen atoms in total. The quantitative estimate of drug-likeness (QED) is 0.816. The van der Waals surface area contributed by atoms with Gasteiger partial charge in [-0.25, -0.2) is 4.98 Å². The summed E-state index contributed by atoms with van der Waals surface area (Å²) in [6.45, 7) is 1.14. The van der Waals surface area contributed by atoms with E-state index >= 15 is 0 Å². The zero-order valence-electron chi connectivity index (χ0n) is 10.1. The van der Waals surface area contributed by atoms with Crippen molar-refractivity contribution >= 4 is 27.5 Å². The lowest BCUT2D eigenvalue weighted by Crippen LogP contribution is -2.41. The van der Waals surface area contributed by atoms with Crippen LogP contribution in [0.1, 0.15) is 18.3 Å². The maximum absolute atomic E-state index is 12.8. The molecule has 0 bridgehead atoms. The summed E-state index contributed by atoms with van der Waals surface area (Å²) in [4.78, 5) is 14.8. The normalized spacial score (nSPS) is 14.2. The molecule has 9 heteroatoms. The Hall–Kier alpha value is -1.66. The lowest BCUT2D eigenvalue weighted by Gasteiger charge is -2.20. The van der Waals surface area contributed by atoms with Crippen molar-refractivity contribution in [1.29, 1.82) is 5.26 Å². The van der Waals surface area contributed by atoms with Crippen molar-refractivity contribution in [3.8, 4) is 6.07 Å². The fourth-order valence-electron chi connectivity index (χ4n) is 1.16. The summed E-state index contributed by atoms with van der Waals surface area (Å²) in [7, 11) is 0. The van der Waals surface area contributed by atoms with Gasteiger partial charge in [0.2, 0.25) is 0 Å². The first kappa shape index (κ1) is 16.4. The molecule has 0 aliphatic heterocycles. The standard InChI is InChI=1S/C11H9BrF3N3O2/c1-10(20,5-12)9(19)18-7-3-2-6(4-16)17-8(7)11(13,14)15/h2-3,20H,5H2,1H3,(H,18,19). The number of nitrogens with one attached hydrogen (secondary N) is 1. The van der Waals surface area contributed by atoms with Gasteiger partial charge in [-0.15, -0.1) is 0 Å². The van der Waals surface area contributed by atoms with Gasteiger partial charge in [0, 0.05) is 5.33 Å². The van der Waals surface area contributed by atoms with Crippen LogP contribution in [0.4, 0.5) is 18.9 Å². The monoisotopic (exact) mass is 351 g/mol. The van der Waals surface area contributed by atoms with Crippen LogP contribution in [-0.2, 0) is 11.0 Å². The molecule has 0 saturated carbocycles. The van der Waals surface area contributed by atoms with Gasteiger partial charge >= 0.3 is 6.18 Å². The molecule has 1 amide bonds. The number of aromatic nitrogens is 1. The van der Waals surface area contributed by atoms with Crippen LogP contribution in [-0.4, -0.2) is 26.9 Å². The molecule has 0 saturated heterocycles. The summed E-state index contributed by atoms with van der Waals surface area (Å²) < 4.78 is 38.4. The number of aliphatic hydroxyl groups is 1. The van der Waals surface area contributed by atoms with Crippen molar-refractivity contribution in [3.05, 3.63) is 23.5 Å². The van der Waals surface area contributed by atoms with E-state index in [0.717, 1.165) is 19.1 Å². The van der Waals surface area contributed by atoms with Gasteiger partial charge in [0.05, 0.1) is 5.69 Å². The number of nitrogens with zero attached hydrogens (tertiary/aromatic N) is 2. The molecule has 1 atom stereocenters. The van der Waals surface area contributed by atoms with Crippen LogP contribution >= 0.6 is 15.9 Å². The Morgan fingerprint density at radius 3 is 2.60 bits per heavy atom. The topological polar surface area (TPSA) is 86.0 Å². The van der Waals surface area contributed by atoms with Crippen molar-refractivity contribution < 1.29 is 23.1 Å². The zero-order chi connectivity index (χ0) is 15.6. The zero-order valence-corrected chi connectivity index (χ0v) is 11.7. The van der Waals surface area contributed by atoms with Crippen molar-refractivity contribution in [2.24, 2.45) is 0 Å². The average Bonchev–Trinajstić information content (AvgIpc) is 2.37. The smallest absolute Gasteiger partial charge is 0.379 e. The summed E-state index contributed by atoms with van der Waals surface area (Å²) in [6, 6.07) is 3.43. The summed E-state index contributed by atoms with van der Waals surface area (Å²) in [6.07, 6.45) is -4.84. The second-order valence-corrected chi connectivity index (χ2v) is 4.62. The third-order valence-electron chi connectivity index (χ3n) is 2.28. The molecule has 0 aliphatic carbocycles. The van der Waals surface area contributed by atoms with E-state index in [1.54, 1.807) is 0 Å². The van der Waals surface area contributed by atoms with E-state index in [-0.39, 0.29) is 5.33 Å². The first-order valence-electron chi connectivity index (χ1n) is 5.20. The number of carbonyl (C=O) groups excluding carboxylic acids is 1. The number of halogens is 4. The molecular formula is C11H9BrF3N3O2. The fourth-order valence-corrected chi connectivity index (χ4v) is 1.41. The maximum Gasteiger partial charge on any atom is 0.435 e. The number of hydrogen-bond donors (Lipinski definition) is 2. The van der Waals surface area contributed by atoms with E-state index in [9.17, 15) is 23.1 Å². The Bertz CT molecular complexity index is 567. The van der Waals surface area contributed by atoms with Gasteiger partial charge in [0.1, 0.15) is 17.4 Å². The van der Waals surface area contributed by atoms with Gasteiger partial charge in [-0.2, -0.15) is 18.4 Å². The van der Waals surface area contributed by atoms with Crippen LogP contribution in [0.2, 0.25) is 0 Å². The maximum atomic E-state index is 12.8.